The van der Waals surface area contributed by atoms with Crippen molar-refractivity contribution < 1.29 is 8.78 Å². The number of hydrogen-bond donors (Lipinski definition) is 0. The van der Waals surface area contributed by atoms with E-state index in [0.717, 1.165) is 48.0 Å². The smallest absolute Gasteiger partial charge is 0.134 e. The zero-order valence-corrected chi connectivity index (χ0v) is 20.0. The molecule has 0 aromatic heterocycles. The van der Waals surface area contributed by atoms with E-state index >= 15 is 4.39 Å². The Morgan fingerprint density at radius 1 is 0.969 bits per heavy atom. The molecule has 0 heterocycles. The van der Waals surface area contributed by atoms with E-state index in [0.29, 0.717) is 17.4 Å². The van der Waals surface area contributed by atoms with Crippen molar-refractivity contribution in [2.75, 3.05) is 0 Å². The van der Waals surface area contributed by atoms with Crippen LogP contribution in [0.15, 0.2) is 36.4 Å². The van der Waals surface area contributed by atoms with Crippen LogP contribution in [-0.2, 0) is 6.42 Å². The molecule has 2 fully saturated rings. The van der Waals surface area contributed by atoms with Crippen LogP contribution in [0.4, 0.5) is 8.78 Å². The average Bonchev–Trinajstić information content (AvgIpc) is 2.80. The lowest BCUT2D eigenvalue weighted by Crippen LogP contribution is -2.30. The van der Waals surface area contributed by atoms with Crippen molar-refractivity contribution >= 4 is 10.8 Å². The number of rotatable bonds is 8. The van der Waals surface area contributed by atoms with Crippen molar-refractivity contribution in [3.8, 4) is 0 Å². The van der Waals surface area contributed by atoms with E-state index in [1.807, 2.05) is 37.3 Å². The number of unbranched alkanes of at least 4 members (excludes halogenated alkanes) is 2. The van der Waals surface area contributed by atoms with Gasteiger partial charge >= 0.3 is 0 Å². The van der Waals surface area contributed by atoms with Crippen LogP contribution in [0.5, 0.6) is 0 Å². The van der Waals surface area contributed by atoms with Gasteiger partial charge in [-0.15, -0.1) is 0 Å². The maximum absolute atomic E-state index is 15.6. The summed E-state index contributed by atoms with van der Waals surface area (Å²) in [4.78, 5) is 0. The minimum atomic E-state index is -0.275. The van der Waals surface area contributed by atoms with Gasteiger partial charge in [-0.3, -0.25) is 0 Å². The predicted octanol–water partition coefficient (Wildman–Crippen LogP) is 9.51. The second-order valence-corrected chi connectivity index (χ2v) is 10.4. The van der Waals surface area contributed by atoms with E-state index in [4.69, 9.17) is 0 Å². The Labute approximate surface area is 193 Å². The SMILES string of the molecule is C/C=C/CCc1cc2ccc([C@@H]3CC[C@@H]4CC(CCCCC)CCC4C3)c(F)c2cc1F. The van der Waals surface area contributed by atoms with Crippen LogP contribution in [-0.4, -0.2) is 0 Å². The van der Waals surface area contributed by atoms with E-state index in [2.05, 4.69) is 6.92 Å². The van der Waals surface area contributed by atoms with Crippen LogP contribution >= 0.6 is 0 Å². The fourth-order valence-electron chi connectivity index (χ4n) is 6.50. The summed E-state index contributed by atoms with van der Waals surface area (Å²) in [6, 6.07) is 7.29. The first-order valence-corrected chi connectivity index (χ1v) is 13.1. The molecule has 0 nitrogen and oxygen atoms in total. The molecule has 0 amide bonds. The van der Waals surface area contributed by atoms with E-state index in [1.54, 1.807) is 0 Å². The normalized spacial score (nSPS) is 26.0. The van der Waals surface area contributed by atoms with Gasteiger partial charge in [0.2, 0.25) is 0 Å². The summed E-state index contributed by atoms with van der Waals surface area (Å²) in [7, 11) is 0. The number of benzene rings is 2. The van der Waals surface area contributed by atoms with Gasteiger partial charge in [-0.25, -0.2) is 8.78 Å². The highest BCUT2D eigenvalue weighted by atomic mass is 19.1. The fraction of sp³-hybridized carbons (Fsp3) is 0.600. The first kappa shape index (κ1) is 23.5. The first-order chi connectivity index (χ1) is 15.6. The molecule has 0 spiro atoms. The van der Waals surface area contributed by atoms with Crippen LogP contribution in [0.25, 0.3) is 10.8 Å². The van der Waals surface area contributed by atoms with Gasteiger partial charge in [-0.05, 0) is 104 Å². The van der Waals surface area contributed by atoms with Crippen molar-refractivity contribution in [1.82, 2.24) is 0 Å². The maximum atomic E-state index is 15.6. The van der Waals surface area contributed by atoms with Gasteiger partial charge in [0, 0.05) is 5.39 Å². The highest BCUT2D eigenvalue weighted by molar-refractivity contribution is 5.85. The Morgan fingerprint density at radius 2 is 1.78 bits per heavy atom. The third kappa shape index (κ3) is 5.26. The van der Waals surface area contributed by atoms with E-state index in [9.17, 15) is 4.39 Å². The second kappa shape index (κ2) is 10.9. The third-order valence-corrected chi connectivity index (χ3v) is 8.34. The van der Waals surface area contributed by atoms with Gasteiger partial charge in [-0.2, -0.15) is 0 Å². The van der Waals surface area contributed by atoms with E-state index in [-0.39, 0.29) is 17.6 Å². The van der Waals surface area contributed by atoms with Crippen LogP contribution in [0, 0.1) is 29.4 Å². The van der Waals surface area contributed by atoms with Crippen molar-refractivity contribution in [3.63, 3.8) is 0 Å². The minimum absolute atomic E-state index is 0.182. The van der Waals surface area contributed by atoms with Gasteiger partial charge in [-0.1, -0.05) is 63.3 Å². The molecule has 2 aliphatic carbocycles. The molecule has 2 saturated carbocycles. The topological polar surface area (TPSA) is 0 Å². The number of fused-ring (bicyclic) bond motifs is 2. The summed E-state index contributed by atoms with van der Waals surface area (Å²) >= 11 is 0. The standard InChI is InChI=1S/C30H40F2/c1-3-5-7-9-21-11-12-23-18-24(14-13-22(23)17-21)27-16-15-25-19-26(10-8-6-4-2)29(31)20-28(25)30(27)32/h4,6,15-16,19-24H,3,5,7-14,17-18H2,1-2H3/b6-4+/t21?,22-,23?,24-/m1/s1. The number of allylic oxidation sites excluding steroid dienone is 2. The highest BCUT2D eigenvalue weighted by Gasteiger charge is 2.36. The largest absolute Gasteiger partial charge is 0.207 e. The molecular weight excluding hydrogens is 398 g/mol. The Kier molecular flexibility index (Phi) is 8.02. The molecule has 4 rings (SSSR count). The minimum Gasteiger partial charge on any atom is -0.207 e. The zero-order valence-electron chi connectivity index (χ0n) is 20.0. The molecule has 0 aliphatic heterocycles. The molecule has 32 heavy (non-hydrogen) atoms. The molecular formula is C30H40F2. The zero-order chi connectivity index (χ0) is 22.5. The van der Waals surface area contributed by atoms with Crippen LogP contribution in [0.3, 0.4) is 0 Å². The summed E-state index contributed by atoms with van der Waals surface area (Å²) in [6.07, 6.45) is 18.4. The van der Waals surface area contributed by atoms with Crippen molar-refractivity contribution in [2.24, 2.45) is 17.8 Å². The maximum Gasteiger partial charge on any atom is 0.134 e. The van der Waals surface area contributed by atoms with E-state index < -0.39 is 0 Å². The molecule has 2 aromatic carbocycles. The molecule has 174 valence electrons. The molecule has 0 radical (unpaired) electrons. The van der Waals surface area contributed by atoms with Crippen molar-refractivity contribution in [3.05, 3.63) is 59.2 Å². The lowest BCUT2D eigenvalue weighted by atomic mass is 9.63. The van der Waals surface area contributed by atoms with Gasteiger partial charge in [0.1, 0.15) is 11.6 Å². The lowest BCUT2D eigenvalue weighted by molar-refractivity contribution is 0.112. The van der Waals surface area contributed by atoms with Gasteiger partial charge in [0.15, 0.2) is 0 Å². The lowest BCUT2D eigenvalue weighted by Gasteiger charge is -2.42. The Balaban J connectivity index is 1.45. The van der Waals surface area contributed by atoms with Crippen molar-refractivity contribution in [2.45, 2.75) is 96.8 Å². The Hall–Kier alpha value is -1.70. The average molecular weight is 439 g/mol. The van der Waals surface area contributed by atoms with Crippen LogP contribution in [0.1, 0.15) is 102 Å². The number of aryl methyl sites for hydroxylation is 1. The van der Waals surface area contributed by atoms with E-state index in [1.165, 1.54) is 57.4 Å². The summed E-state index contributed by atoms with van der Waals surface area (Å²) in [5.74, 6) is 2.34. The monoisotopic (exact) mass is 438 g/mol. The summed E-state index contributed by atoms with van der Waals surface area (Å²) in [5.41, 5.74) is 1.50. The van der Waals surface area contributed by atoms with Gasteiger partial charge < -0.3 is 0 Å². The number of halogens is 2. The molecule has 0 saturated heterocycles. The molecule has 2 aliphatic rings. The predicted molar refractivity (Wildman–Crippen MR) is 132 cm³/mol. The van der Waals surface area contributed by atoms with Gasteiger partial charge in [0.25, 0.3) is 0 Å². The summed E-state index contributed by atoms with van der Waals surface area (Å²) in [6.45, 7) is 4.25. The Morgan fingerprint density at radius 3 is 2.59 bits per heavy atom. The molecule has 0 bridgehead atoms. The molecule has 2 unspecified atom stereocenters. The van der Waals surface area contributed by atoms with Crippen molar-refractivity contribution in [1.29, 1.82) is 0 Å². The molecule has 4 atom stereocenters. The number of hydrogen-bond acceptors (Lipinski definition) is 0. The Bertz CT molecular complexity index is 928. The summed E-state index contributed by atoms with van der Waals surface area (Å²) < 4.78 is 30.2. The van der Waals surface area contributed by atoms with Crippen LogP contribution in [0.2, 0.25) is 0 Å². The molecule has 2 heteroatoms. The fourth-order valence-corrected chi connectivity index (χ4v) is 6.50. The third-order valence-electron chi connectivity index (χ3n) is 8.34. The molecule has 0 N–H and O–H groups in total. The van der Waals surface area contributed by atoms with Crippen LogP contribution < -0.4 is 0 Å². The second-order valence-electron chi connectivity index (χ2n) is 10.4. The first-order valence-electron chi connectivity index (χ1n) is 13.1. The van der Waals surface area contributed by atoms with Gasteiger partial charge in [0.05, 0.1) is 0 Å². The quantitative estimate of drug-likeness (QED) is 0.284. The highest BCUT2D eigenvalue weighted by Crippen LogP contribution is 2.49. The molecule has 2 aromatic rings. The summed E-state index contributed by atoms with van der Waals surface area (Å²) in [5, 5.41) is 1.28.